The van der Waals surface area contributed by atoms with Crippen LogP contribution in [0.25, 0.3) is 0 Å². The molecule has 2 fully saturated rings. The van der Waals surface area contributed by atoms with E-state index >= 15 is 0 Å². The third-order valence-corrected chi connectivity index (χ3v) is 7.39. The van der Waals surface area contributed by atoms with Gasteiger partial charge < -0.3 is 25.3 Å². The lowest BCUT2D eigenvalue weighted by Crippen LogP contribution is -2.45. The minimum Gasteiger partial charge on any atom is -0.480 e. The summed E-state index contributed by atoms with van der Waals surface area (Å²) in [5, 5.41) is 32.2. The molecule has 2 bridgehead atoms. The van der Waals surface area contributed by atoms with Crippen LogP contribution in [0.15, 0.2) is 29.2 Å². The number of thioether (sulfide) groups is 1. The zero-order valence-corrected chi connectivity index (χ0v) is 21.1. The van der Waals surface area contributed by atoms with Gasteiger partial charge in [0, 0.05) is 44.2 Å². The van der Waals surface area contributed by atoms with E-state index in [9.17, 15) is 14.7 Å². The highest BCUT2D eigenvalue weighted by Gasteiger charge is 2.30. The molecule has 2 saturated heterocycles. The maximum atomic E-state index is 11.4. The van der Waals surface area contributed by atoms with Crippen molar-refractivity contribution < 1.29 is 19.8 Å². The van der Waals surface area contributed by atoms with E-state index in [4.69, 9.17) is 10.4 Å². The lowest BCUT2D eigenvalue weighted by molar-refractivity contribution is -0.138. The SMILES string of the molecule is N#CSc1ccc(C2CC3CN(CCCNCC(=O)O)CCN(CC(=O)O)CCCN(C3)C2)cc1. The first-order chi connectivity index (χ1) is 16.9. The molecule has 0 saturated carbocycles. The molecule has 2 aliphatic rings. The summed E-state index contributed by atoms with van der Waals surface area (Å²) in [7, 11) is 0. The smallest absolute Gasteiger partial charge is 0.317 e. The fourth-order valence-corrected chi connectivity index (χ4v) is 5.64. The minimum atomic E-state index is -0.850. The second kappa shape index (κ2) is 14.4. The predicted molar refractivity (Wildman–Crippen MR) is 135 cm³/mol. The topological polar surface area (TPSA) is 120 Å². The van der Waals surface area contributed by atoms with Crippen molar-refractivity contribution in [2.45, 2.75) is 30.1 Å². The van der Waals surface area contributed by atoms with Crippen LogP contribution < -0.4 is 5.32 Å². The first kappa shape index (κ1) is 27.4. The summed E-state index contributed by atoms with van der Waals surface area (Å²) in [5.74, 6) is -0.691. The maximum Gasteiger partial charge on any atom is 0.317 e. The molecule has 0 spiro atoms. The van der Waals surface area contributed by atoms with Crippen LogP contribution in [0.3, 0.4) is 0 Å². The van der Waals surface area contributed by atoms with Crippen molar-refractivity contribution in [1.82, 2.24) is 20.0 Å². The van der Waals surface area contributed by atoms with Gasteiger partial charge in [-0.25, -0.2) is 0 Å². The molecule has 9 nitrogen and oxygen atoms in total. The fourth-order valence-electron chi connectivity index (χ4n) is 5.26. The number of rotatable bonds is 10. The van der Waals surface area contributed by atoms with E-state index in [1.807, 2.05) is 17.0 Å². The van der Waals surface area contributed by atoms with Crippen molar-refractivity contribution in [3.8, 4) is 5.40 Å². The molecular weight excluding hydrogens is 466 g/mol. The average molecular weight is 504 g/mol. The Hall–Kier alpha value is -2.16. The number of carbonyl (C=O) groups is 2. The molecule has 3 atom stereocenters. The normalized spacial score (nSPS) is 24.3. The Morgan fingerprint density at radius 2 is 1.80 bits per heavy atom. The molecule has 0 aliphatic carbocycles. The van der Waals surface area contributed by atoms with Crippen LogP contribution in [0.1, 0.15) is 30.7 Å². The number of nitriles is 1. The molecule has 3 unspecified atom stereocenters. The van der Waals surface area contributed by atoms with Gasteiger partial charge >= 0.3 is 11.9 Å². The van der Waals surface area contributed by atoms with E-state index in [1.54, 1.807) is 0 Å². The summed E-state index contributed by atoms with van der Waals surface area (Å²) < 4.78 is 0. The van der Waals surface area contributed by atoms with Gasteiger partial charge in [-0.05, 0) is 80.2 Å². The molecule has 3 rings (SSSR count). The largest absolute Gasteiger partial charge is 0.480 e. The number of nitrogens with one attached hydrogen (secondary N) is 1. The molecule has 35 heavy (non-hydrogen) atoms. The molecule has 192 valence electrons. The van der Waals surface area contributed by atoms with E-state index in [0.29, 0.717) is 18.4 Å². The van der Waals surface area contributed by atoms with E-state index in [1.165, 1.54) is 17.3 Å². The van der Waals surface area contributed by atoms with Gasteiger partial charge in [-0.2, -0.15) is 5.26 Å². The van der Waals surface area contributed by atoms with E-state index < -0.39 is 11.9 Å². The van der Waals surface area contributed by atoms with Crippen LogP contribution in [0, 0.1) is 16.6 Å². The van der Waals surface area contributed by atoms with Crippen LogP contribution in [0.5, 0.6) is 0 Å². The van der Waals surface area contributed by atoms with Gasteiger partial charge in [-0.1, -0.05) is 12.1 Å². The molecule has 2 aliphatic heterocycles. The van der Waals surface area contributed by atoms with Crippen molar-refractivity contribution in [2.75, 3.05) is 72.0 Å². The van der Waals surface area contributed by atoms with Crippen LogP contribution >= 0.6 is 11.8 Å². The molecule has 0 aromatic heterocycles. The molecule has 10 heteroatoms. The van der Waals surface area contributed by atoms with Crippen LogP contribution in [0.4, 0.5) is 0 Å². The quantitative estimate of drug-likeness (QED) is 0.248. The van der Waals surface area contributed by atoms with Crippen molar-refractivity contribution in [1.29, 1.82) is 5.26 Å². The molecular formula is C25H37N5O4S. The zero-order valence-electron chi connectivity index (χ0n) is 20.3. The van der Waals surface area contributed by atoms with Gasteiger partial charge in [0.15, 0.2) is 0 Å². The lowest BCUT2D eigenvalue weighted by atomic mass is 9.84. The summed E-state index contributed by atoms with van der Waals surface area (Å²) in [4.78, 5) is 30.1. The fraction of sp³-hybridized carbons (Fsp3) is 0.640. The zero-order chi connectivity index (χ0) is 25.0. The Balaban J connectivity index is 1.67. The molecule has 3 N–H and O–H groups in total. The van der Waals surface area contributed by atoms with Gasteiger partial charge in [0.05, 0.1) is 13.1 Å². The highest BCUT2D eigenvalue weighted by molar-refractivity contribution is 8.03. The van der Waals surface area contributed by atoms with Crippen molar-refractivity contribution in [2.24, 2.45) is 5.92 Å². The number of carboxylic acid groups (broad SMARTS) is 2. The number of thiocyanates is 1. The average Bonchev–Trinajstić information content (AvgIpc) is 2.83. The number of hydrogen-bond donors (Lipinski definition) is 3. The Morgan fingerprint density at radius 1 is 1.03 bits per heavy atom. The monoisotopic (exact) mass is 503 g/mol. The number of carboxylic acids is 2. The van der Waals surface area contributed by atoms with E-state index in [-0.39, 0.29) is 13.1 Å². The standard InChI is InChI=1S/C25H37N5O4S/c26-19-35-23-5-3-21(4-6-23)22-13-20-15-28(8-1-7-27-14-24(31)32)11-12-29(18-25(33)34)9-2-10-30(16-20)17-22/h3-6,20,22,27H,1-2,7-18H2,(H,31,32)(H,33,34). The molecule has 2 heterocycles. The number of piperidine rings is 1. The van der Waals surface area contributed by atoms with Crippen LogP contribution in [0.2, 0.25) is 0 Å². The van der Waals surface area contributed by atoms with Crippen molar-refractivity contribution in [3.05, 3.63) is 29.8 Å². The highest BCUT2D eigenvalue weighted by atomic mass is 32.2. The number of nitrogens with zero attached hydrogens (tertiary/aromatic N) is 4. The maximum absolute atomic E-state index is 11.4. The molecule has 1 aromatic carbocycles. The first-order valence-corrected chi connectivity index (χ1v) is 13.2. The summed E-state index contributed by atoms with van der Waals surface area (Å²) in [6.07, 6.45) is 2.90. The Labute approximate surface area is 212 Å². The molecule has 0 radical (unpaired) electrons. The Kier molecular flexibility index (Phi) is 11.3. The second-order valence-electron chi connectivity index (χ2n) is 9.57. The van der Waals surface area contributed by atoms with E-state index in [2.05, 4.69) is 32.7 Å². The number of hydrogen-bond acceptors (Lipinski definition) is 8. The van der Waals surface area contributed by atoms with Crippen LogP contribution in [-0.4, -0.2) is 109 Å². The summed E-state index contributed by atoms with van der Waals surface area (Å²) in [6, 6.07) is 8.38. The third kappa shape index (κ3) is 9.78. The summed E-state index contributed by atoms with van der Waals surface area (Å²) >= 11 is 1.18. The Bertz CT molecular complexity index is 862. The van der Waals surface area contributed by atoms with Gasteiger partial charge in [0.1, 0.15) is 5.40 Å². The van der Waals surface area contributed by atoms with Crippen molar-refractivity contribution in [3.63, 3.8) is 0 Å². The number of fused-ring (bicyclic) bond motifs is 2. The summed E-state index contributed by atoms with van der Waals surface area (Å²) in [5.41, 5.74) is 1.31. The van der Waals surface area contributed by atoms with Gasteiger partial charge in [-0.15, -0.1) is 0 Å². The first-order valence-electron chi connectivity index (χ1n) is 12.4. The Morgan fingerprint density at radius 3 is 2.51 bits per heavy atom. The van der Waals surface area contributed by atoms with Gasteiger partial charge in [0.2, 0.25) is 0 Å². The second-order valence-corrected chi connectivity index (χ2v) is 10.4. The van der Waals surface area contributed by atoms with E-state index in [0.717, 1.165) is 76.5 Å². The predicted octanol–water partition coefficient (Wildman–Crippen LogP) is 1.82. The van der Waals surface area contributed by atoms with Crippen LogP contribution in [-0.2, 0) is 9.59 Å². The highest BCUT2D eigenvalue weighted by Crippen LogP contribution is 2.32. The number of benzene rings is 1. The molecule has 1 aromatic rings. The lowest BCUT2D eigenvalue weighted by Gasteiger charge is -2.40. The van der Waals surface area contributed by atoms with Gasteiger partial charge in [0.25, 0.3) is 0 Å². The van der Waals surface area contributed by atoms with Crippen molar-refractivity contribution >= 4 is 23.7 Å². The summed E-state index contributed by atoms with van der Waals surface area (Å²) in [6.45, 7) is 7.81. The molecule has 0 amide bonds. The minimum absolute atomic E-state index is 0.0304. The number of aliphatic carboxylic acids is 2. The van der Waals surface area contributed by atoms with Gasteiger partial charge in [-0.3, -0.25) is 14.5 Å². The third-order valence-electron chi connectivity index (χ3n) is 6.79.